The van der Waals surface area contributed by atoms with Gasteiger partial charge in [-0.2, -0.15) is 0 Å². The second-order valence-electron chi connectivity index (χ2n) is 2.35. The van der Waals surface area contributed by atoms with Gasteiger partial charge >= 0.3 is 5.69 Å². The number of aromatic nitrogens is 2. The van der Waals surface area contributed by atoms with E-state index in [-0.39, 0.29) is 18.1 Å². The van der Waals surface area contributed by atoms with E-state index in [1.165, 1.54) is 10.9 Å². The number of hydrogen-bond donors (Lipinski definition) is 1. The van der Waals surface area contributed by atoms with Crippen LogP contribution in [0.2, 0.25) is 0 Å². The van der Waals surface area contributed by atoms with E-state index >= 15 is 0 Å². The predicted molar refractivity (Wildman–Crippen MR) is 47.2 cm³/mol. The van der Waals surface area contributed by atoms with Gasteiger partial charge in [-0.15, -0.1) is 11.5 Å². The minimum Gasteiger partial charge on any atom is -0.352 e. The van der Waals surface area contributed by atoms with Crippen LogP contribution in [0, 0.1) is 22.5 Å². The zero-order valence-electron chi connectivity index (χ0n) is 7.02. The van der Waals surface area contributed by atoms with Crippen molar-refractivity contribution in [2.24, 2.45) is 7.05 Å². The molecule has 0 aliphatic carbocycles. The number of nitrogens with zero attached hydrogens (tertiary/aromatic N) is 3. The van der Waals surface area contributed by atoms with Crippen molar-refractivity contribution in [2.75, 3.05) is 11.9 Å². The summed E-state index contributed by atoms with van der Waals surface area (Å²) in [6.07, 6.45) is 6.31. The number of nitrogens with one attached hydrogen (secondary N) is 1. The van der Waals surface area contributed by atoms with Crippen molar-refractivity contribution in [3.63, 3.8) is 0 Å². The van der Waals surface area contributed by atoms with Gasteiger partial charge in [-0.05, 0) is 0 Å². The summed E-state index contributed by atoms with van der Waals surface area (Å²) < 4.78 is 1.36. The summed E-state index contributed by atoms with van der Waals surface area (Å²) in [6.45, 7) is 0.220. The molecule has 0 spiro atoms. The SMILES string of the molecule is C#CCNc1nn(C)cc1[N+](=O)[O-]. The van der Waals surface area contributed by atoms with Gasteiger partial charge in [0.1, 0.15) is 6.20 Å². The summed E-state index contributed by atoms with van der Waals surface area (Å²) in [6, 6.07) is 0. The quantitative estimate of drug-likeness (QED) is 0.414. The third-order valence-corrected chi connectivity index (χ3v) is 1.36. The molecule has 1 aromatic rings. The first-order chi connectivity index (χ1) is 6.15. The van der Waals surface area contributed by atoms with Crippen molar-refractivity contribution in [1.82, 2.24) is 9.78 Å². The number of hydrogen-bond acceptors (Lipinski definition) is 4. The normalized spacial score (nSPS) is 9.23. The monoisotopic (exact) mass is 180 g/mol. The standard InChI is InChI=1S/C7H8N4O2/c1-3-4-8-7-6(11(12)13)5-10(2)9-7/h1,5H,4H2,2H3,(H,8,9). The van der Waals surface area contributed by atoms with E-state index in [9.17, 15) is 10.1 Å². The molecule has 0 amide bonds. The summed E-state index contributed by atoms with van der Waals surface area (Å²) in [4.78, 5) is 9.95. The van der Waals surface area contributed by atoms with Crippen LogP contribution < -0.4 is 5.32 Å². The fourth-order valence-electron chi connectivity index (χ4n) is 0.870. The third-order valence-electron chi connectivity index (χ3n) is 1.36. The molecule has 6 nitrogen and oxygen atoms in total. The molecular formula is C7H8N4O2. The molecule has 0 fully saturated rings. The summed E-state index contributed by atoms with van der Waals surface area (Å²) in [7, 11) is 1.61. The highest BCUT2D eigenvalue weighted by Gasteiger charge is 2.17. The van der Waals surface area contributed by atoms with Gasteiger partial charge in [0, 0.05) is 7.05 Å². The minimum atomic E-state index is -0.508. The van der Waals surface area contributed by atoms with Gasteiger partial charge in [0.05, 0.1) is 11.5 Å². The maximum atomic E-state index is 10.5. The van der Waals surface area contributed by atoms with E-state index < -0.39 is 4.92 Å². The van der Waals surface area contributed by atoms with Crippen LogP contribution in [0.4, 0.5) is 11.5 Å². The summed E-state index contributed by atoms with van der Waals surface area (Å²) in [5.41, 5.74) is -0.0715. The highest BCUT2D eigenvalue weighted by Crippen LogP contribution is 2.20. The lowest BCUT2D eigenvalue weighted by Crippen LogP contribution is -2.01. The van der Waals surface area contributed by atoms with Crippen LogP contribution in [-0.4, -0.2) is 21.2 Å². The lowest BCUT2D eigenvalue weighted by atomic mass is 10.5. The number of aryl methyl sites for hydroxylation is 1. The van der Waals surface area contributed by atoms with Gasteiger partial charge in [0.2, 0.25) is 5.82 Å². The molecule has 1 N–H and O–H groups in total. The highest BCUT2D eigenvalue weighted by molar-refractivity contribution is 5.54. The molecule has 1 aromatic heterocycles. The van der Waals surface area contributed by atoms with Crippen molar-refractivity contribution in [1.29, 1.82) is 0 Å². The Labute approximate surface area is 74.7 Å². The van der Waals surface area contributed by atoms with Gasteiger partial charge in [-0.25, -0.2) is 0 Å². The number of nitro groups is 1. The Hall–Kier alpha value is -2.03. The first kappa shape index (κ1) is 9.06. The molecule has 0 aromatic carbocycles. The Bertz CT molecular complexity index is 363. The Balaban J connectivity index is 2.92. The molecule has 0 aliphatic rings. The molecule has 0 unspecified atom stereocenters. The molecule has 0 radical (unpaired) electrons. The number of anilines is 1. The predicted octanol–water partition coefficient (Wildman–Crippen LogP) is 0.373. The fourth-order valence-corrected chi connectivity index (χ4v) is 0.870. The van der Waals surface area contributed by atoms with E-state index in [0.29, 0.717) is 0 Å². The van der Waals surface area contributed by atoms with Crippen LogP contribution in [0.3, 0.4) is 0 Å². The zero-order valence-corrected chi connectivity index (χ0v) is 7.02. The van der Waals surface area contributed by atoms with Crippen LogP contribution in [0.15, 0.2) is 6.20 Å². The van der Waals surface area contributed by atoms with E-state index in [2.05, 4.69) is 16.3 Å². The van der Waals surface area contributed by atoms with Gasteiger partial charge in [-0.1, -0.05) is 5.92 Å². The molecule has 13 heavy (non-hydrogen) atoms. The van der Waals surface area contributed by atoms with Crippen LogP contribution >= 0.6 is 0 Å². The van der Waals surface area contributed by atoms with Gasteiger partial charge in [0.25, 0.3) is 0 Å². The lowest BCUT2D eigenvalue weighted by Gasteiger charge is -1.94. The maximum Gasteiger partial charge on any atom is 0.330 e. The summed E-state index contributed by atoms with van der Waals surface area (Å²) in [5, 5.41) is 17.0. The molecule has 0 bridgehead atoms. The van der Waals surface area contributed by atoms with Crippen molar-refractivity contribution in [3.05, 3.63) is 16.3 Å². The molecule has 1 heterocycles. The largest absolute Gasteiger partial charge is 0.352 e. The topological polar surface area (TPSA) is 73.0 Å². The Morgan fingerprint density at radius 2 is 2.62 bits per heavy atom. The zero-order chi connectivity index (χ0) is 9.84. The van der Waals surface area contributed by atoms with Gasteiger partial charge < -0.3 is 5.32 Å². The Morgan fingerprint density at radius 3 is 3.15 bits per heavy atom. The Kier molecular flexibility index (Phi) is 2.50. The maximum absolute atomic E-state index is 10.5. The fraction of sp³-hybridized carbons (Fsp3) is 0.286. The second kappa shape index (κ2) is 3.58. The van der Waals surface area contributed by atoms with Crippen molar-refractivity contribution in [3.8, 4) is 12.3 Å². The average Bonchev–Trinajstić information content (AvgIpc) is 2.43. The van der Waals surface area contributed by atoms with Crippen LogP contribution in [0.1, 0.15) is 0 Å². The third kappa shape index (κ3) is 1.96. The molecule has 0 saturated carbocycles. The lowest BCUT2D eigenvalue weighted by molar-refractivity contribution is -0.384. The first-order valence-electron chi connectivity index (χ1n) is 3.50. The highest BCUT2D eigenvalue weighted by atomic mass is 16.6. The summed E-state index contributed by atoms with van der Waals surface area (Å²) in [5.74, 6) is 2.51. The molecule has 0 aliphatic heterocycles. The van der Waals surface area contributed by atoms with E-state index in [1.807, 2.05) is 0 Å². The summed E-state index contributed by atoms with van der Waals surface area (Å²) >= 11 is 0. The number of terminal acetylenes is 1. The van der Waals surface area contributed by atoms with Gasteiger partial charge in [0.15, 0.2) is 0 Å². The number of rotatable bonds is 3. The second-order valence-corrected chi connectivity index (χ2v) is 2.35. The minimum absolute atomic E-state index is 0.0715. The van der Waals surface area contributed by atoms with E-state index in [1.54, 1.807) is 7.05 Å². The average molecular weight is 180 g/mol. The van der Waals surface area contributed by atoms with E-state index in [4.69, 9.17) is 6.42 Å². The van der Waals surface area contributed by atoms with Crippen LogP contribution in [0.5, 0.6) is 0 Å². The van der Waals surface area contributed by atoms with Gasteiger partial charge in [-0.3, -0.25) is 14.8 Å². The molecule has 6 heteroatoms. The van der Waals surface area contributed by atoms with Crippen molar-refractivity contribution < 1.29 is 4.92 Å². The molecule has 1 rings (SSSR count). The molecule has 0 saturated heterocycles. The molecule has 0 atom stereocenters. The molecule has 68 valence electrons. The van der Waals surface area contributed by atoms with Crippen LogP contribution in [-0.2, 0) is 7.05 Å². The first-order valence-corrected chi connectivity index (χ1v) is 3.50. The van der Waals surface area contributed by atoms with Crippen molar-refractivity contribution in [2.45, 2.75) is 0 Å². The smallest absolute Gasteiger partial charge is 0.330 e. The Morgan fingerprint density at radius 1 is 1.92 bits per heavy atom. The van der Waals surface area contributed by atoms with Crippen LogP contribution in [0.25, 0.3) is 0 Å². The van der Waals surface area contributed by atoms with E-state index in [0.717, 1.165) is 0 Å². The van der Waals surface area contributed by atoms with Crippen molar-refractivity contribution >= 4 is 11.5 Å². The molecular weight excluding hydrogens is 172 g/mol.